The first-order chi connectivity index (χ1) is 7.20. The zero-order valence-electron chi connectivity index (χ0n) is 8.69. The third-order valence-corrected chi connectivity index (χ3v) is 3.00. The van der Waals surface area contributed by atoms with Gasteiger partial charge in [0.25, 0.3) is 0 Å². The fourth-order valence-corrected chi connectivity index (χ4v) is 2.00. The Labute approximate surface area is 94.8 Å². The van der Waals surface area contributed by atoms with E-state index in [0.29, 0.717) is 5.11 Å². The first kappa shape index (κ1) is 10.2. The minimum Gasteiger partial charge on any atom is -0.497 e. The third-order valence-electron chi connectivity index (χ3n) is 2.74. The van der Waals surface area contributed by atoms with Gasteiger partial charge in [-0.2, -0.15) is 0 Å². The maximum absolute atomic E-state index is 5.62. The summed E-state index contributed by atoms with van der Waals surface area (Å²) in [6.45, 7) is 1.70. The second-order valence-corrected chi connectivity index (χ2v) is 4.06. The minimum absolute atomic E-state index is 0.475. The molecule has 0 spiro atoms. The van der Waals surface area contributed by atoms with Gasteiger partial charge in [0.1, 0.15) is 5.75 Å². The molecule has 0 fully saturated rings. The number of thiocarbonyl (C=S) groups is 1. The Bertz CT molecular complexity index is 392. The Balaban J connectivity index is 2.27. The van der Waals surface area contributed by atoms with Crippen molar-refractivity contribution in [3.8, 4) is 5.75 Å². The molecule has 0 bridgehead atoms. The molecule has 1 aromatic carbocycles. The van der Waals surface area contributed by atoms with Crippen molar-refractivity contribution in [3.63, 3.8) is 0 Å². The van der Waals surface area contributed by atoms with Crippen LogP contribution in [0, 0.1) is 0 Å². The fourth-order valence-electron chi connectivity index (χ4n) is 1.85. The summed E-state index contributed by atoms with van der Waals surface area (Å²) in [5.41, 5.74) is 8.24. The number of fused-ring (bicyclic) bond motifs is 1. The van der Waals surface area contributed by atoms with Gasteiger partial charge in [0.2, 0.25) is 0 Å². The van der Waals surface area contributed by atoms with E-state index in [1.165, 1.54) is 11.1 Å². The molecule has 0 aromatic heterocycles. The van der Waals surface area contributed by atoms with Crippen LogP contribution < -0.4 is 10.5 Å². The zero-order chi connectivity index (χ0) is 10.8. The number of nitrogens with two attached hydrogens (primary N) is 1. The molecule has 2 N–H and O–H groups in total. The van der Waals surface area contributed by atoms with Crippen molar-refractivity contribution >= 4 is 17.3 Å². The lowest BCUT2D eigenvalue weighted by atomic mass is 10.00. The van der Waals surface area contributed by atoms with Gasteiger partial charge in [-0.3, -0.25) is 0 Å². The summed E-state index contributed by atoms with van der Waals surface area (Å²) in [5, 5.41) is 0.475. The van der Waals surface area contributed by atoms with E-state index in [4.69, 9.17) is 22.7 Å². The molecule has 3 nitrogen and oxygen atoms in total. The Kier molecular flexibility index (Phi) is 2.77. The molecule has 0 saturated carbocycles. The quantitative estimate of drug-likeness (QED) is 0.727. The van der Waals surface area contributed by atoms with E-state index >= 15 is 0 Å². The fraction of sp³-hybridized carbons (Fsp3) is 0.364. The molecule has 0 radical (unpaired) electrons. The van der Waals surface area contributed by atoms with Crippen molar-refractivity contribution in [1.29, 1.82) is 0 Å². The van der Waals surface area contributed by atoms with Gasteiger partial charge in [-0.15, -0.1) is 0 Å². The second kappa shape index (κ2) is 4.06. The standard InChI is InChI=1S/C11H14N2OS/c1-14-10-3-2-8-4-5-13(11(12)15)7-9(8)6-10/h2-3,6H,4-5,7H2,1H3,(H2,12,15). The Hall–Kier alpha value is -1.29. The van der Waals surface area contributed by atoms with Gasteiger partial charge in [0.15, 0.2) is 5.11 Å². The molecule has 0 amide bonds. The molecule has 4 heteroatoms. The van der Waals surface area contributed by atoms with Crippen molar-refractivity contribution in [1.82, 2.24) is 4.90 Å². The maximum Gasteiger partial charge on any atom is 0.166 e. The van der Waals surface area contributed by atoms with Crippen molar-refractivity contribution in [2.45, 2.75) is 13.0 Å². The molecule has 1 aromatic rings. The molecule has 15 heavy (non-hydrogen) atoms. The summed E-state index contributed by atoms with van der Waals surface area (Å²) in [6, 6.07) is 6.17. The average molecular weight is 222 g/mol. The minimum atomic E-state index is 0.475. The van der Waals surface area contributed by atoms with Gasteiger partial charge >= 0.3 is 0 Å². The van der Waals surface area contributed by atoms with E-state index < -0.39 is 0 Å². The topological polar surface area (TPSA) is 38.5 Å². The number of hydrogen-bond acceptors (Lipinski definition) is 2. The van der Waals surface area contributed by atoms with Crippen LogP contribution >= 0.6 is 12.2 Å². The monoisotopic (exact) mass is 222 g/mol. The summed E-state index contributed by atoms with van der Waals surface area (Å²) in [4.78, 5) is 2.01. The van der Waals surface area contributed by atoms with Crippen LogP contribution in [0.2, 0.25) is 0 Å². The van der Waals surface area contributed by atoms with E-state index in [2.05, 4.69) is 12.1 Å². The maximum atomic E-state index is 5.62. The summed E-state index contributed by atoms with van der Waals surface area (Å²) in [7, 11) is 1.68. The number of benzene rings is 1. The lowest BCUT2D eigenvalue weighted by molar-refractivity contribution is 0.388. The highest BCUT2D eigenvalue weighted by Crippen LogP contribution is 2.23. The van der Waals surface area contributed by atoms with Gasteiger partial charge in [-0.25, -0.2) is 0 Å². The molecule has 2 rings (SSSR count). The lowest BCUT2D eigenvalue weighted by Gasteiger charge is -2.29. The third kappa shape index (κ3) is 2.04. The number of nitrogens with zero attached hydrogens (tertiary/aromatic N) is 1. The van der Waals surface area contributed by atoms with Crippen LogP contribution in [0.25, 0.3) is 0 Å². The highest BCUT2D eigenvalue weighted by atomic mass is 32.1. The zero-order valence-corrected chi connectivity index (χ0v) is 9.51. The average Bonchev–Trinajstić information content (AvgIpc) is 2.27. The van der Waals surface area contributed by atoms with Gasteiger partial charge in [0, 0.05) is 13.1 Å². The predicted octanol–water partition coefficient (Wildman–Crippen LogP) is 1.30. The van der Waals surface area contributed by atoms with Crippen molar-refractivity contribution < 1.29 is 4.74 Å². The SMILES string of the molecule is COc1ccc2c(c1)CN(C(N)=S)CC2. The highest BCUT2D eigenvalue weighted by molar-refractivity contribution is 7.80. The van der Waals surface area contributed by atoms with E-state index in [1.54, 1.807) is 7.11 Å². The molecule has 1 heterocycles. The van der Waals surface area contributed by atoms with Crippen LogP contribution in [0.3, 0.4) is 0 Å². The molecule has 1 aliphatic rings. The van der Waals surface area contributed by atoms with Gasteiger partial charge in [0.05, 0.1) is 7.11 Å². The van der Waals surface area contributed by atoms with E-state index in [9.17, 15) is 0 Å². The Morgan fingerprint density at radius 3 is 2.93 bits per heavy atom. The predicted molar refractivity (Wildman–Crippen MR) is 63.9 cm³/mol. The van der Waals surface area contributed by atoms with Crippen LogP contribution in [0.4, 0.5) is 0 Å². The van der Waals surface area contributed by atoms with Crippen molar-refractivity contribution in [2.75, 3.05) is 13.7 Å². The van der Waals surface area contributed by atoms with Crippen LogP contribution in [-0.4, -0.2) is 23.7 Å². The highest BCUT2D eigenvalue weighted by Gasteiger charge is 2.16. The second-order valence-electron chi connectivity index (χ2n) is 3.64. The number of rotatable bonds is 1. The van der Waals surface area contributed by atoms with Crippen LogP contribution in [0.15, 0.2) is 18.2 Å². The van der Waals surface area contributed by atoms with Gasteiger partial charge in [-0.05, 0) is 41.9 Å². The summed E-state index contributed by atoms with van der Waals surface area (Å²) < 4.78 is 5.19. The molecule has 1 aliphatic heterocycles. The van der Waals surface area contributed by atoms with Crippen LogP contribution in [0.1, 0.15) is 11.1 Å². The largest absolute Gasteiger partial charge is 0.497 e. The van der Waals surface area contributed by atoms with Crippen LogP contribution in [-0.2, 0) is 13.0 Å². The molecule has 80 valence electrons. The summed E-state index contributed by atoms with van der Waals surface area (Å²) in [6.07, 6.45) is 0.997. The van der Waals surface area contributed by atoms with Gasteiger partial charge in [-0.1, -0.05) is 6.07 Å². The van der Waals surface area contributed by atoms with E-state index in [0.717, 1.165) is 25.3 Å². The number of methoxy groups -OCH3 is 1. The molecule has 0 atom stereocenters. The summed E-state index contributed by atoms with van der Waals surface area (Å²) >= 11 is 4.98. The molecule has 0 saturated heterocycles. The summed E-state index contributed by atoms with van der Waals surface area (Å²) in [5.74, 6) is 0.888. The van der Waals surface area contributed by atoms with E-state index in [-0.39, 0.29) is 0 Å². The van der Waals surface area contributed by atoms with E-state index in [1.807, 2.05) is 11.0 Å². The normalized spacial score (nSPS) is 14.6. The van der Waals surface area contributed by atoms with Crippen LogP contribution in [0.5, 0.6) is 5.75 Å². The smallest absolute Gasteiger partial charge is 0.166 e. The first-order valence-corrected chi connectivity index (χ1v) is 5.31. The molecule has 0 unspecified atom stereocenters. The Morgan fingerprint density at radius 1 is 1.47 bits per heavy atom. The van der Waals surface area contributed by atoms with Crippen molar-refractivity contribution in [2.24, 2.45) is 5.73 Å². The number of hydrogen-bond donors (Lipinski definition) is 1. The lowest BCUT2D eigenvalue weighted by Crippen LogP contribution is -2.39. The molecular weight excluding hydrogens is 208 g/mol. The van der Waals surface area contributed by atoms with Gasteiger partial charge < -0.3 is 15.4 Å². The molecular formula is C11H14N2OS. The number of ether oxygens (including phenoxy) is 1. The first-order valence-electron chi connectivity index (χ1n) is 4.91. The Morgan fingerprint density at radius 2 is 2.27 bits per heavy atom. The van der Waals surface area contributed by atoms with Crippen molar-refractivity contribution in [3.05, 3.63) is 29.3 Å². The molecule has 0 aliphatic carbocycles.